The molecule has 0 saturated carbocycles. The van der Waals surface area contributed by atoms with E-state index in [-0.39, 0.29) is 5.60 Å². The van der Waals surface area contributed by atoms with Gasteiger partial charge in [-0.1, -0.05) is 23.7 Å². The number of hydrogen-bond donors (Lipinski definition) is 1. The molecule has 0 atom stereocenters. The number of ether oxygens (including phenoxy) is 1. The second kappa shape index (κ2) is 6.29. The summed E-state index contributed by atoms with van der Waals surface area (Å²) in [4.78, 5) is 14.4. The van der Waals surface area contributed by atoms with Crippen molar-refractivity contribution < 1.29 is 4.74 Å². The highest BCUT2D eigenvalue weighted by molar-refractivity contribution is 7.26. The summed E-state index contributed by atoms with van der Waals surface area (Å²) in [6.45, 7) is 6.92. The molecular formula is C21H19ClN4OS. The molecule has 0 unspecified atom stereocenters. The largest absolute Gasteiger partial charge is 0.487 e. The molecule has 4 heterocycles. The molecule has 3 aromatic heterocycles. The van der Waals surface area contributed by atoms with E-state index < -0.39 is 0 Å². The van der Waals surface area contributed by atoms with Gasteiger partial charge in [-0.15, -0.1) is 11.3 Å². The number of rotatable bonds is 3. The average Bonchev–Trinajstić information content (AvgIpc) is 3.18. The number of benzene rings is 1. The van der Waals surface area contributed by atoms with Crippen LogP contribution in [0.5, 0.6) is 5.75 Å². The Morgan fingerprint density at radius 1 is 1.25 bits per heavy atom. The van der Waals surface area contributed by atoms with Gasteiger partial charge in [0, 0.05) is 24.5 Å². The van der Waals surface area contributed by atoms with E-state index in [1.165, 1.54) is 11.1 Å². The van der Waals surface area contributed by atoms with E-state index in [1.807, 2.05) is 6.92 Å². The quantitative estimate of drug-likeness (QED) is 0.481. The first-order valence-corrected chi connectivity index (χ1v) is 10.3. The summed E-state index contributed by atoms with van der Waals surface area (Å²) in [6, 6.07) is 6.37. The molecule has 0 fully saturated rings. The van der Waals surface area contributed by atoms with Crippen molar-refractivity contribution in [2.75, 3.05) is 5.32 Å². The highest BCUT2D eigenvalue weighted by Gasteiger charge is 2.29. The minimum Gasteiger partial charge on any atom is -0.487 e. The fourth-order valence-corrected chi connectivity index (χ4v) is 5.01. The Morgan fingerprint density at radius 3 is 2.96 bits per heavy atom. The number of nitrogens with one attached hydrogen (secondary N) is 1. The van der Waals surface area contributed by atoms with E-state index in [0.29, 0.717) is 11.6 Å². The number of thiophene rings is 1. The molecule has 0 spiro atoms. The number of fused-ring (bicyclic) bond motifs is 4. The third-order valence-electron chi connectivity index (χ3n) is 5.07. The molecule has 0 saturated heterocycles. The van der Waals surface area contributed by atoms with E-state index in [2.05, 4.69) is 52.3 Å². The van der Waals surface area contributed by atoms with Crippen LogP contribution in [-0.2, 0) is 13.0 Å². The van der Waals surface area contributed by atoms with Gasteiger partial charge in [-0.2, -0.15) is 0 Å². The zero-order valence-corrected chi connectivity index (χ0v) is 17.4. The van der Waals surface area contributed by atoms with Crippen molar-refractivity contribution in [2.24, 2.45) is 0 Å². The van der Waals surface area contributed by atoms with Crippen molar-refractivity contribution >= 4 is 49.2 Å². The Hall–Kier alpha value is -2.44. The second-order valence-corrected chi connectivity index (χ2v) is 9.15. The predicted molar refractivity (Wildman–Crippen MR) is 115 cm³/mol. The summed E-state index contributed by atoms with van der Waals surface area (Å²) in [5.74, 6) is 1.81. The van der Waals surface area contributed by atoms with Crippen LogP contribution in [0, 0.1) is 6.92 Å². The molecule has 5 nitrogen and oxygen atoms in total. The maximum Gasteiger partial charge on any atom is 0.147 e. The molecule has 0 radical (unpaired) electrons. The van der Waals surface area contributed by atoms with Gasteiger partial charge in [-0.3, -0.25) is 0 Å². The predicted octanol–water partition coefficient (Wildman–Crippen LogP) is 5.53. The number of aromatic nitrogens is 3. The normalized spacial score (nSPS) is 15.0. The molecule has 7 heteroatoms. The van der Waals surface area contributed by atoms with Crippen LogP contribution in [0.4, 0.5) is 5.82 Å². The number of halogens is 1. The summed E-state index contributed by atoms with van der Waals surface area (Å²) in [7, 11) is 0. The SMILES string of the molecule is Cc1c(Cl)cnc2sc3c(NCc4ccc5c(c4)CC(C)(C)O5)ncnc3c12. The topological polar surface area (TPSA) is 59.9 Å². The van der Waals surface area contributed by atoms with Crippen molar-refractivity contribution in [1.82, 2.24) is 15.0 Å². The molecular weight excluding hydrogens is 392 g/mol. The van der Waals surface area contributed by atoms with Crippen LogP contribution in [-0.4, -0.2) is 20.6 Å². The monoisotopic (exact) mass is 410 g/mol. The minimum atomic E-state index is -0.129. The lowest BCUT2D eigenvalue weighted by molar-refractivity contribution is 0.138. The first-order valence-electron chi connectivity index (χ1n) is 9.14. The van der Waals surface area contributed by atoms with Crippen LogP contribution in [0.1, 0.15) is 30.5 Å². The van der Waals surface area contributed by atoms with E-state index in [1.54, 1.807) is 23.9 Å². The fraction of sp³-hybridized carbons (Fsp3) is 0.286. The van der Waals surface area contributed by atoms with E-state index >= 15 is 0 Å². The third-order valence-corrected chi connectivity index (χ3v) is 6.54. The zero-order chi connectivity index (χ0) is 19.5. The van der Waals surface area contributed by atoms with Crippen molar-refractivity contribution in [2.45, 2.75) is 39.3 Å². The second-order valence-electron chi connectivity index (χ2n) is 7.75. The molecule has 0 amide bonds. The lowest BCUT2D eigenvalue weighted by Gasteiger charge is -2.16. The van der Waals surface area contributed by atoms with Gasteiger partial charge in [0.15, 0.2) is 0 Å². The number of aryl methyl sites for hydroxylation is 1. The Balaban J connectivity index is 1.47. The van der Waals surface area contributed by atoms with Gasteiger partial charge in [-0.05, 0) is 43.5 Å². The molecule has 142 valence electrons. The summed E-state index contributed by atoms with van der Waals surface area (Å²) in [5, 5.41) is 5.13. The Morgan fingerprint density at radius 2 is 2.11 bits per heavy atom. The summed E-state index contributed by atoms with van der Waals surface area (Å²) >= 11 is 7.85. The maximum atomic E-state index is 6.27. The van der Waals surface area contributed by atoms with Crippen molar-refractivity contribution in [1.29, 1.82) is 0 Å². The molecule has 1 N–H and O–H groups in total. The molecule has 28 heavy (non-hydrogen) atoms. The Labute approximate surface area is 171 Å². The highest BCUT2D eigenvalue weighted by Crippen LogP contribution is 2.39. The fourth-order valence-electron chi connectivity index (χ4n) is 3.74. The van der Waals surface area contributed by atoms with Gasteiger partial charge in [0.05, 0.1) is 15.2 Å². The zero-order valence-electron chi connectivity index (χ0n) is 15.8. The average molecular weight is 411 g/mol. The Kier molecular flexibility index (Phi) is 3.96. The summed E-state index contributed by atoms with van der Waals surface area (Å²) in [6.07, 6.45) is 4.22. The molecule has 5 rings (SSSR count). The van der Waals surface area contributed by atoms with Gasteiger partial charge in [0.1, 0.15) is 28.3 Å². The summed E-state index contributed by atoms with van der Waals surface area (Å²) < 4.78 is 6.97. The summed E-state index contributed by atoms with van der Waals surface area (Å²) in [5.41, 5.74) is 4.23. The van der Waals surface area contributed by atoms with Gasteiger partial charge >= 0.3 is 0 Å². The first-order chi connectivity index (χ1) is 13.4. The van der Waals surface area contributed by atoms with Crippen LogP contribution < -0.4 is 10.1 Å². The number of anilines is 1. The van der Waals surface area contributed by atoms with Gasteiger partial charge in [0.25, 0.3) is 0 Å². The van der Waals surface area contributed by atoms with E-state index in [0.717, 1.165) is 44.0 Å². The standard InChI is InChI=1S/C21H19ClN4OS/c1-11-14(22)9-24-20-16(11)17-18(28-20)19(26-10-25-17)23-8-12-4-5-15-13(6-12)7-21(2,3)27-15/h4-6,9-10H,7-8H2,1-3H3,(H,23,25,26). The molecule has 1 aliphatic rings. The molecule has 4 aromatic rings. The lowest BCUT2D eigenvalue weighted by atomic mass is 10.0. The van der Waals surface area contributed by atoms with Gasteiger partial charge in [0.2, 0.25) is 0 Å². The number of nitrogens with zero attached hydrogens (tertiary/aromatic N) is 3. The molecule has 1 aromatic carbocycles. The molecule has 0 bridgehead atoms. The van der Waals surface area contributed by atoms with Crippen LogP contribution in [0.15, 0.2) is 30.7 Å². The van der Waals surface area contributed by atoms with Gasteiger partial charge in [-0.25, -0.2) is 15.0 Å². The maximum absolute atomic E-state index is 6.27. The van der Waals surface area contributed by atoms with Crippen LogP contribution in [0.25, 0.3) is 20.4 Å². The first kappa shape index (κ1) is 17.6. The van der Waals surface area contributed by atoms with Crippen molar-refractivity contribution in [3.05, 3.63) is 52.4 Å². The lowest BCUT2D eigenvalue weighted by Crippen LogP contribution is -2.24. The number of hydrogen-bond acceptors (Lipinski definition) is 6. The van der Waals surface area contributed by atoms with Crippen molar-refractivity contribution in [3.63, 3.8) is 0 Å². The molecule has 0 aliphatic carbocycles. The highest BCUT2D eigenvalue weighted by atomic mass is 35.5. The van der Waals surface area contributed by atoms with Crippen LogP contribution in [0.2, 0.25) is 5.02 Å². The number of pyridine rings is 1. The van der Waals surface area contributed by atoms with E-state index in [9.17, 15) is 0 Å². The van der Waals surface area contributed by atoms with Crippen LogP contribution in [0.3, 0.4) is 0 Å². The van der Waals surface area contributed by atoms with Crippen LogP contribution >= 0.6 is 22.9 Å². The Bertz CT molecular complexity index is 1230. The molecule has 1 aliphatic heterocycles. The van der Waals surface area contributed by atoms with E-state index in [4.69, 9.17) is 16.3 Å². The smallest absolute Gasteiger partial charge is 0.147 e. The third kappa shape index (κ3) is 2.88. The van der Waals surface area contributed by atoms with Gasteiger partial charge < -0.3 is 10.1 Å². The van der Waals surface area contributed by atoms with Crippen molar-refractivity contribution in [3.8, 4) is 5.75 Å². The minimum absolute atomic E-state index is 0.129.